The highest BCUT2D eigenvalue weighted by Gasteiger charge is 2.71. The maximum absolute atomic E-state index is 14.9. The number of nitrogens with zero attached hydrogens (tertiary/aromatic N) is 1. The van der Waals surface area contributed by atoms with Gasteiger partial charge in [-0.2, -0.15) is 0 Å². The number of hydrogen-bond acceptors (Lipinski definition) is 4. The molecule has 4 heteroatoms. The molecule has 3 aromatic carbocycles. The van der Waals surface area contributed by atoms with Crippen LogP contribution in [0.15, 0.2) is 72.8 Å². The Morgan fingerprint density at radius 3 is 2.29 bits per heavy atom. The summed E-state index contributed by atoms with van der Waals surface area (Å²) in [6.07, 6.45) is 2.21. The van der Waals surface area contributed by atoms with Gasteiger partial charge in [0.1, 0.15) is 0 Å². The van der Waals surface area contributed by atoms with E-state index >= 15 is 0 Å². The lowest BCUT2D eigenvalue weighted by Gasteiger charge is -2.60. The van der Waals surface area contributed by atoms with Crippen molar-refractivity contribution in [3.63, 3.8) is 0 Å². The molecule has 0 amide bonds. The molecule has 4 atom stereocenters. The molecular weight excluding hydrogens is 422 g/mol. The Labute approximate surface area is 200 Å². The summed E-state index contributed by atoms with van der Waals surface area (Å²) >= 11 is 0. The predicted octanol–water partition coefficient (Wildman–Crippen LogP) is 4.53. The maximum Gasteiger partial charge on any atom is 0.189 e. The van der Waals surface area contributed by atoms with Crippen LogP contribution in [0.3, 0.4) is 0 Å². The van der Waals surface area contributed by atoms with Crippen molar-refractivity contribution in [1.82, 2.24) is 4.90 Å². The third kappa shape index (κ3) is 2.30. The zero-order valence-electron chi connectivity index (χ0n) is 19.7. The number of rotatable bonds is 3. The van der Waals surface area contributed by atoms with Crippen LogP contribution >= 0.6 is 0 Å². The Bertz CT molecular complexity index is 1250. The van der Waals surface area contributed by atoms with Gasteiger partial charge in [-0.1, -0.05) is 66.7 Å². The Hall–Kier alpha value is -3.11. The summed E-state index contributed by atoms with van der Waals surface area (Å²) in [5, 5.41) is 0. The molecule has 4 aliphatic rings. The standard InChI is InChI=1S/C30H29NO3/c1-31-16-15-29-22-18-30(20-9-5-3-6-10-20,21-11-7-4-8-12-21)27(32)28(29)34-26-24(33-2)14-13-19(25(26)29)17-23(22)31/h3-14,22-23,28H,15-18H2,1-2H3/t22?,23-,28+,29+/m1/s1. The van der Waals surface area contributed by atoms with Gasteiger partial charge in [-0.05, 0) is 61.5 Å². The summed E-state index contributed by atoms with van der Waals surface area (Å²) in [6, 6.07) is 25.4. The van der Waals surface area contributed by atoms with Crippen molar-refractivity contribution in [3.8, 4) is 11.5 Å². The molecule has 3 aromatic rings. The van der Waals surface area contributed by atoms with Gasteiger partial charge in [-0.3, -0.25) is 4.79 Å². The highest BCUT2D eigenvalue weighted by Crippen LogP contribution is 2.66. The minimum atomic E-state index is -0.732. The van der Waals surface area contributed by atoms with Crippen LogP contribution in [0.1, 0.15) is 35.1 Å². The van der Waals surface area contributed by atoms with Crippen molar-refractivity contribution in [3.05, 3.63) is 95.1 Å². The Morgan fingerprint density at radius 1 is 0.971 bits per heavy atom. The van der Waals surface area contributed by atoms with Gasteiger partial charge >= 0.3 is 0 Å². The van der Waals surface area contributed by atoms with Crippen molar-refractivity contribution < 1.29 is 14.3 Å². The second kappa shape index (κ2) is 6.96. The first kappa shape index (κ1) is 20.3. The first-order chi connectivity index (χ1) is 16.6. The van der Waals surface area contributed by atoms with Gasteiger partial charge in [0.2, 0.25) is 0 Å². The molecule has 4 nitrogen and oxygen atoms in total. The number of likely N-dealkylation sites (tertiary alicyclic amines) is 1. The summed E-state index contributed by atoms with van der Waals surface area (Å²) in [6.45, 7) is 0.980. The number of hydrogen-bond donors (Lipinski definition) is 0. The summed E-state index contributed by atoms with van der Waals surface area (Å²) in [5.41, 5.74) is 3.71. The molecule has 0 radical (unpaired) electrons. The number of carbonyl (C=O) groups excluding carboxylic acids is 1. The molecule has 172 valence electrons. The van der Waals surface area contributed by atoms with E-state index in [4.69, 9.17) is 9.47 Å². The highest BCUT2D eigenvalue weighted by molar-refractivity contribution is 6.01. The van der Waals surface area contributed by atoms with Crippen LogP contribution in [0.4, 0.5) is 0 Å². The van der Waals surface area contributed by atoms with E-state index in [1.165, 1.54) is 11.1 Å². The van der Waals surface area contributed by atoms with E-state index in [1.54, 1.807) is 7.11 Å². The Morgan fingerprint density at radius 2 is 1.65 bits per heavy atom. The second-order valence-electron chi connectivity index (χ2n) is 10.5. The average Bonchev–Trinajstić information content (AvgIpc) is 3.23. The van der Waals surface area contributed by atoms with Gasteiger partial charge in [0.25, 0.3) is 0 Å². The molecule has 2 bridgehead atoms. The molecule has 7 rings (SSSR count). The molecule has 0 N–H and O–H groups in total. The normalized spacial score (nSPS) is 30.4. The lowest BCUT2D eigenvalue weighted by molar-refractivity contribution is -0.145. The van der Waals surface area contributed by atoms with Gasteiger partial charge in [0, 0.05) is 17.0 Å². The van der Waals surface area contributed by atoms with Crippen LogP contribution in [0.2, 0.25) is 0 Å². The number of likely N-dealkylation sites (N-methyl/N-ethyl adjacent to an activating group) is 1. The molecule has 2 heterocycles. The summed E-state index contributed by atoms with van der Waals surface area (Å²) < 4.78 is 12.5. The lowest BCUT2D eigenvalue weighted by Crippen LogP contribution is -2.70. The molecule has 1 spiro atoms. The van der Waals surface area contributed by atoms with Gasteiger partial charge in [0.15, 0.2) is 23.4 Å². The third-order valence-electron chi connectivity index (χ3n) is 9.31. The van der Waals surface area contributed by atoms with Crippen molar-refractivity contribution in [2.45, 2.75) is 42.2 Å². The van der Waals surface area contributed by atoms with E-state index in [1.807, 2.05) is 18.2 Å². The third-order valence-corrected chi connectivity index (χ3v) is 9.31. The van der Waals surface area contributed by atoms with Gasteiger partial charge in [-0.25, -0.2) is 0 Å². The topological polar surface area (TPSA) is 38.8 Å². The molecule has 2 aliphatic carbocycles. The fraction of sp³-hybridized carbons (Fsp3) is 0.367. The van der Waals surface area contributed by atoms with E-state index < -0.39 is 11.5 Å². The van der Waals surface area contributed by atoms with Crippen LogP contribution in [0.5, 0.6) is 11.5 Å². The molecule has 1 unspecified atom stereocenters. The van der Waals surface area contributed by atoms with Gasteiger partial charge in [0.05, 0.1) is 12.5 Å². The van der Waals surface area contributed by atoms with Crippen molar-refractivity contribution in [2.75, 3.05) is 20.7 Å². The van der Waals surface area contributed by atoms with E-state index in [-0.39, 0.29) is 11.2 Å². The van der Waals surface area contributed by atoms with E-state index in [9.17, 15) is 4.79 Å². The first-order valence-corrected chi connectivity index (χ1v) is 12.3. The summed E-state index contributed by atoms with van der Waals surface area (Å²) in [7, 11) is 3.94. The molecule has 2 fully saturated rings. The number of ether oxygens (including phenoxy) is 2. The second-order valence-corrected chi connectivity index (χ2v) is 10.5. The van der Waals surface area contributed by atoms with Crippen LogP contribution < -0.4 is 9.47 Å². The van der Waals surface area contributed by atoms with Gasteiger partial charge in [-0.15, -0.1) is 0 Å². The summed E-state index contributed by atoms with van der Waals surface area (Å²) in [5.74, 6) is 2.06. The van der Waals surface area contributed by atoms with Crippen molar-refractivity contribution >= 4 is 5.78 Å². The number of Topliss-reactive ketones (excluding diaryl/α,β-unsaturated/α-hetero) is 1. The quantitative estimate of drug-likeness (QED) is 0.587. The Balaban J connectivity index is 1.52. The monoisotopic (exact) mass is 451 g/mol. The minimum absolute atomic E-state index is 0.190. The van der Waals surface area contributed by atoms with E-state index in [2.05, 4.69) is 66.5 Å². The van der Waals surface area contributed by atoms with Crippen LogP contribution in [0, 0.1) is 5.92 Å². The fourth-order valence-corrected chi connectivity index (χ4v) is 7.83. The molecular formula is C30H29NO3. The SMILES string of the molecule is COc1ccc2c3c1O[C@H]1C(=O)C(c4ccccc4)(c4ccccc4)CC4[C@@H](C2)N(C)CC[C@@]341. The fourth-order valence-electron chi connectivity index (χ4n) is 7.83. The number of piperidine rings is 1. The molecule has 34 heavy (non-hydrogen) atoms. The number of carbonyl (C=O) groups is 1. The lowest BCUT2D eigenvalue weighted by atomic mass is 9.45. The smallest absolute Gasteiger partial charge is 0.189 e. The average molecular weight is 452 g/mol. The van der Waals surface area contributed by atoms with Crippen LogP contribution in [-0.4, -0.2) is 43.5 Å². The zero-order valence-corrected chi connectivity index (χ0v) is 19.7. The number of ketones is 1. The van der Waals surface area contributed by atoms with E-state index in [0.29, 0.717) is 12.0 Å². The first-order valence-electron chi connectivity index (χ1n) is 12.3. The number of benzene rings is 3. The highest BCUT2D eigenvalue weighted by atomic mass is 16.5. The molecule has 0 aromatic heterocycles. The van der Waals surface area contributed by atoms with Crippen LogP contribution in [-0.2, 0) is 22.0 Å². The predicted molar refractivity (Wildman–Crippen MR) is 131 cm³/mol. The zero-order chi connectivity index (χ0) is 23.1. The maximum atomic E-state index is 14.9. The van der Waals surface area contributed by atoms with Crippen molar-refractivity contribution in [2.24, 2.45) is 5.92 Å². The largest absolute Gasteiger partial charge is 0.493 e. The number of methoxy groups -OCH3 is 1. The summed E-state index contributed by atoms with van der Waals surface area (Å²) in [4.78, 5) is 17.4. The van der Waals surface area contributed by atoms with E-state index in [0.717, 1.165) is 48.4 Å². The molecule has 2 aliphatic heterocycles. The minimum Gasteiger partial charge on any atom is -0.493 e. The molecule has 1 saturated heterocycles. The van der Waals surface area contributed by atoms with Gasteiger partial charge < -0.3 is 14.4 Å². The van der Waals surface area contributed by atoms with Crippen LogP contribution in [0.25, 0.3) is 0 Å². The Kier molecular flexibility index (Phi) is 4.15. The van der Waals surface area contributed by atoms with Crippen molar-refractivity contribution in [1.29, 1.82) is 0 Å². The molecule has 1 saturated carbocycles.